The minimum atomic E-state index is 0.0921. The van der Waals surface area contributed by atoms with Gasteiger partial charge in [-0.3, -0.25) is 0 Å². The first kappa shape index (κ1) is 11.5. The molecule has 2 atom stereocenters. The summed E-state index contributed by atoms with van der Waals surface area (Å²) in [4.78, 5) is 0. The lowest BCUT2D eigenvalue weighted by Crippen LogP contribution is -2.31. The van der Waals surface area contributed by atoms with Gasteiger partial charge < -0.3 is 5.32 Å². The van der Waals surface area contributed by atoms with Gasteiger partial charge in [-0.25, -0.2) is 0 Å². The zero-order valence-corrected chi connectivity index (χ0v) is 9.69. The number of benzene rings is 1. The van der Waals surface area contributed by atoms with E-state index in [9.17, 15) is 0 Å². The Morgan fingerprint density at radius 3 is 2.76 bits per heavy atom. The zero-order chi connectivity index (χ0) is 12.1. The first-order chi connectivity index (χ1) is 8.33. The molecular formula is C14H15N3. The van der Waals surface area contributed by atoms with Gasteiger partial charge in [0.05, 0.1) is 23.6 Å². The predicted octanol–water partition coefficient (Wildman–Crippen LogP) is 3.05. The van der Waals surface area contributed by atoms with E-state index in [2.05, 4.69) is 17.5 Å². The molecule has 0 bridgehead atoms. The maximum Gasteiger partial charge on any atom is 0.0992 e. The lowest BCUT2D eigenvalue weighted by Gasteiger charge is -2.28. The minimum Gasteiger partial charge on any atom is -0.381 e. The Balaban J connectivity index is 2.09. The summed E-state index contributed by atoms with van der Waals surface area (Å²) >= 11 is 0. The number of hydrogen-bond donors (Lipinski definition) is 1. The van der Waals surface area contributed by atoms with E-state index in [0.717, 1.165) is 24.9 Å². The SMILES string of the molecule is N#Cc1cccc(NC2CCCCC2C#N)c1. The lowest BCUT2D eigenvalue weighted by molar-refractivity contribution is 0.389. The van der Waals surface area contributed by atoms with Gasteiger partial charge in [0.1, 0.15) is 0 Å². The molecule has 3 nitrogen and oxygen atoms in total. The second kappa shape index (κ2) is 5.37. The highest BCUT2D eigenvalue weighted by molar-refractivity contribution is 5.50. The van der Waals surface area contributed by atoms with Gasteiger partial charge in [-0.2, -0.15) is 10.5 Å². The maximum atomic E-state index is 9.10. The average Bonchev–Trinajstić information content (AvgIpc) is 2.39. The highest BCUT2D eigenvalue weighted by Gasteiger charge is 2.24. The Kier molecular flexibility index (Phi) is 3.62. The van der Waals surface area contributed by atoms with Gasteiger partial charge in [-0.15, -0.1) is 0 Å². The molecule has 1 aromatic rings. The Morgan fingerprint density at radius 2 is 2.00 bits per heavy atom. The van der Waals surface area contributed by atoms with Crippen molar-refractivity contribution in [3.63, 3.8) is 0 Å². The van der Waals surface area contributed by atoms with Crippen LogP contribution in [0.2, 0.25) is 0 Å². The molecule has 0 saturated heterocycles. The van der Waals surface area contributed by atoms with Crippen LogP contribution in [0, 0.1) is 28.6 Å². The van der Waals surface area contributed by atoms with Gasteiger partial charge in [-0.1, -0.05) is 18.9 Å². The number of rotatable bonds is 2. The molecule has 1 aromatic carbocycles. The van der Waals surface area contributed by atoms with Crippen molar-refractivity contribution >= 4 is 5.69 Å². The van der Waals surface area contributed by atoms with Crippen LogP contribution in [0.3, 0.4) is 0 Å². The molecule has 17 heavy (non-hydrogen) atoms. The smallest absolute Gasteiger partial charge is 0.0992 e. The van der Waals surface area contributed by atoms with E-state index < -0.39 is 0 Å². The molecular weight excluding hydrogens is 210 g/mol. The number of anilines is 1. The number of nitriles is 2. The summed E-state index contributed by atoms with van der Waals surface area (Å²) in [6.45, 7) is 0. The number of nitrogens with zero attached hydrogens (tertiary/aromatic N) is 2. The van der Waals surface area contributed by atoms with Crippen molar-refractivity contribution in [2.45, 2.75) is 31.7 Å². The molecule has 1 fully saturated rings. The van der Waals surface area contributed by atoms with Crippen molar-refractivity contribution in [1.29, 1.82) is 10.5 Å². The Hall–Kier alpha value is -2.00. The molecule has 1 N–H and O–H groups in total. The van der Waals surface area contributed by atoms with Crippen LogP contribution < -0.4 is 5.32 Å². The molecule has 0 aromatic heterocycles. The minimum absolute atomic E-state index is 0.0921. The molecule has 0 amide bonds. The molecule has 2 unspecified atom stereocenters. The van der Waals surface area contributed by atoms with Crippen LogP contribution in [0.25, 0.3) is 0 Å². The highest BCUT2D eigenvalue weighted by Crippen LogP contribution is 2.26. The molecule has 3 heteroatoms. The van der Waals surface area contributed by atoms with Crippen LogP contribution in [-0.4, -0.2) is 6.04 Å². The fraction of sp³-hybridized carbons (Fsp3) is 0.429. The van der Waals surface area contributed by atoms with Crippen LogP contribution in [-0.2, 0) is 0 Å². The predicted molar refractivity (Wildman–Crippen MR) is 66.1 cm³/mol. The fourth-order valence-corrected chi connectivity index (χ4v) is 2.35. The standard InChI is InChI=1S/C14H15N3/c15-9-11-4-3-6-13(8-11)17-14-7-2-1-5-12(14)10-16/h3-4,6,8,12,14,17H,1-2,5,7H2. The van der Waals surface area contributed by atoms with Gasteiger partial charge >= 0.3 is 0 Å². The molecule has 0 aliphatic heterocycles. The molecule has 1 saturated carbocycles. The molecule has 0 heterocycles. The highest BCUT2D eigenvalue weighted by atomic mass is 14.9. The van der Waals surface area contributed by atoms with Gasteiger partial charge in [0.15, 0.2) is 0 Å². The molecule has 1 aliphatic carbocycles. The third-order valence-electron chi connectivity index (χ3n) is 3.28. The van der Waals surface area contributed by atoms with Crippen molar-refractivity contribution in [3.05, 3.63) is 29.8 Å². The maximum absolute atomic E-state index is 9.10. The lowest BCUT2D eigenvalue weighted by atomic mass is 9.85. The van der Waals surface area contributed by atoms with E-state index in [1.54, 1.807) is 6.07 Å². The summed E-state index contributed by atoms with van der Waals surface area (Å²) < 4.78 is 0. The van der Waals surface area contributed by atoms with Crippen molar-refractivity contribution in [2.24, 2.45) is 5.92 Å². The summed E-state index contributed by atoms with van der Waals surface area (Å²) in [5.41, 5.74) is 1.59. The zero-order valence-electron chi connectivity index (χ0n) is 9.69. The van der Waals surface area contributed by atoms with Gasteiger partial charge in [0.2, 0.25) is 0 Å². The molecule has 0 spiro atoms. The van der Waals surface area contributed by atoms with E-state index in [1.165, 1.54) is 6.42 Å². The van der Waals surface area contributed by atoms with Crippen LogP contribution >= 0.6 is 0 Å². The van der Waals surface area contributed by atoms with Crippen molar-refractivity contribution < 1.29 is 0 Å². The summed E-state index contributed by atoms with van der Waals surface area (Å²) in [5.74, 6) is 0.0921. The fourth-order valence-electron chi connectivity index (χ4n) is 2.35. The summed E-state index contributed by atoms with van der Waals surface area (Å²) in [7, 11) is 0. The third kappa shape index (κ3) is 2.77. The summed E-state index contributed by atoms with van der Waals surface area (Å²) in [5, 5.41) is 21.3. The second-order valence-electron chi connectivity index (χ2n) is 4.46. The van der Waals surface area contributed by atoms with E-state index >= 15 is 0 Å². The molecule has 2 rings (SSSR count). The van der Waals surface area contributed by atoms with Crippen LogP contribution in [0.5, 0.6) is 0 Å². The molecule has 1 aliphatic rings. The Bertz CT molecular complexity index is 467. The van der Waals surface area contributed by atoms with Crippen LogP contribution in [0.4, 0.5) is 5.69 Å². The van der Waals surface area contributed by atoms with Crippen LogP contribution in [0.15, 0.2) is 24.3 Å². The second-order valence-corrected chi connectivity index (χ2v) is 4.46. The van der Waals surface area contributed by atoms with E-state index in [-0.39, 0.29) is 12.0 Å². The number of hydrogen-bond acceptors (Lipinski definition) is 3. The van der Waals surface area contributed by atoms with Gasteiger partial charge in [0, 0.05) is 11.7 Å². The molecule has 0 radical (unpaired) electrons. The quantitative estimate of drug-likeness (QED) is 0.841. The first-order valence-electron chi connectivity index (χ1n) is 6.00. The third-order valence-corrected chi connectivity index (χ3v) is 3.28. The summed E-state index contributed by atoms with van der Waals surface area (Å²) in [6.07, 6.45) is 4.34. The van der Waals surface area contributed by atoms with E-state index in [4.69, 9.17) is 10.5 Å². The largest absolute Gasteiger partial charge is 0.381 e. The molecule has 86 valence electrons. The topological polar surface area (TPSA) is 59.6 Å². The monoisotopic (exact) mass is 225 g/mol. The Labute approximate surface area is 102 Å². The van der Waals surface area contributed by atoms with E-state index in [1.807, 2.05) is 18.2 Å². The van der Waals surface area contributed by atoms with Crippen molar-refractivity contribution in [3.8, 4) is 12.1 Å². The van der Waals surface area contributed by atoms with Crippen molar-refractivity contribution in [1.82, 2.24) is 0 Å². The van der Waals surface area contributed by atoms with Crippen LogP contribution in [0.1, 0.15) is 31.2 Å². The Morgan fingerprint density at radius 1 is 1.18 bits per heavy atom. The van der Waals surface area contributed by atoms with E-state index in [0.29, 0.717) is 5.56 Å². The average molecular weight is 225 g/mol. The number of nitrogens with one attached hydrogen (secondary N) is 1. The van der Waals surface area contributed by atoms with Gasteiger partial charge in [0.25, 0.3) is 0 Å². The van der Waals surface area contributed by atoms with Gasteiger partial charge in [-0.05, 0) is 31.0 Å². The normalized spacial score (nSPS) is 23.4. The first-order valence-corrected chi connectivity index (χ1v) is 6.00. The summed E-state index contributed by atoms with van der Waals surface area (Å²) in [6, 6.07) is 12.2. The van der Waals surface area contributed by atoms with Crippen molar-refractivity contribution in [2.75, 3.05) is 5.32 Å².